The summed E-state index contributed by atoms with van der Waals surface area (Å²) in [5.41, 5.74) is 6.89. The predicted molar refractivity (Wildman–Crippen MR) is 80.4 cm³/mol. The van der Waals surface area contributed by atoms with E-state index in [0.29, 0.717) is 16.6 Å². The van der Waals surface area contributed by atoms with E-state index < -0.39 is 0 Å². The maximum absolute atomic E-state index is 6.27. The van der Waals surface area contributed by atoms with Crippen LogP contribution in [0.1, 0.15) is 38.3 Å². The zero-order valence-electron chi connectivity index (χ0n) is 11.1. The average Bonchev–Trinajstić information content (AvgIpc) is 2.36. The van der Waals surface area contributed by atoms with Crippen LogP contribution in [-0.4, -0.2) is 24.5 Å². The van der Waals surface area contributed by atoms with Crippen LogP contribution < -0.4 is 5.73 Å². The molecule has 0 aromatic heterocycles. The van der Waals surface area contributed by atoms with Gasteiger partial charge >= 0.3 is 0 Å². The fourth-order valence-electron chi connectivity index (χ4n) is 2.17. The first-order chi connectivity index (χ1) is 8.65. The summed E-state index contributed by atoms with van der Waals surface area (Å²) in [5, 5.41) is 1.40. The summed E-state index contributed by atoms with van der Waals surface area (Å²) in [4.78, 5) is 2.34. The second-order valence-electron chi connectivity index (χ2n) is 4.37. The van der Waals surface area contributed by atoms with Crippen LogP contribution in [0.2, 0.25) is 10.0 Å². The molecule has 2 nitrogen and oxygen atoms in total. The zero-order valence-corrected chi connectivity index (χ0v) is 12.6. The molecule has 1 aromatic rings. The number of rotatable bonds is 7. The molecule has 0 aliphatic heterocycles. The van der Waals surface area contributed by atoms with Gasteiger partial charge in [0.25, 0.3) is 0 Å². The van der Waals surface area contributed by atoms with Gasteiger partial charge in [0.15, 0.2) is 0 Å². The Morgan fingerprint density at radius 1 is 1.22 bits per heavy atom. The van der Waals surface area contributed by atoms with Gasteiger partial charge in [-0.05, 0) is 31.6 Å². The van der Waals surface area contributed by atoms with Gasteiger partial charge in [0.05, 0.1) is 0 Å². The molecule has 0 spiro atoms. The molecule has 0 amide bonds. The Morgan fingerprint density at radius 2 is 1.83 bits per heavy atom. The van der Waals surface area contributed by atoms with Crippen LogP contribution in [0.15, 0.2) is 18.2 Å². The van der Waals surface area contributed by atoms with Crippen molar-refractivity contribution in [2.45, 2.75) is 32.7 Å². The van der Waals surface area contributed by atoms with Crippen molar-refractivity contribution in [3.63, 3.8) is 0 Å². The SMILES string of the molecule is CCCCN(CC)C(CN)c1c(Cl)cccc1Cl. The normalized spacial score (nSPS) is 13.0. The van der Waals surface area contributed by atoms with Crippen molar-refractivity contribution < 1.29 is 0 Å². The van der Waals surface area contributed by atoms with Gasteiger partial charge in [-0.25, -0.2) is 0 Å². The molecule has 0 aliphatic carbocycles. The smallest absolute Gasteiger partial charge is 0.0499 e. The Labute approximate surface area is 120 Å². The monoisotopic (exact) mass is 288 g/mol. The number of hydrogen-bond acceptors (Lipinski definition) is 2. The highest BCUT2D eigenvalue weighted by atomic mass is 35.5. The Kier molecular flexibility index (Phi) is 7.02. The summed E-state index contributed by atoms with van der Waals surface area (Å²) in [7, 11) is 0. The highest BCUT2D eigenvalue weighted by Gasteiger charge is 2.22. The molecular formula is C14H22Cl2N2. The fourth-order valence-corrected chi connectivity index (χ4v) is 2.82. The number of hydrogen-bond donors (Lipinski definition) is 1. The van der Waals surface area contributed by atoms with Crippen molar-refractivity contribution in [3.8, 4) is 0 Å². The summed E-state index contributed by atoms with van der Waals surface area (Å²) >= 11 is 12.5. The maximum Gasteiger partial charge on any atom is 0.0499 e. The van der Waals surface area contributed by atoms with Crippen LogP contribution in [0.4, 0.5) is 0 Å². The van der Waals surface area contributed by atoms with Crippen LogP contribution in [0.25, 0.3) is 0 Å². The minimum Gasteiger partial charge on any atom is -0.329 e. The molecule has 1 rings (SSSR count). The van der Waals surface area contributed by atoms with E-state index in [0.717, 1.165) is 25.1 Å². The van der Waals surface area contributed by atoms with Crippen molar-refractivity contribution in [2.75, 3.05) is 19.6 Å². The standard InChI is InChI=1S/C14H22Cl2N2/c1-3-5-9-18(4-2)13(10-17)14-11(15)7-6-8-12(14)16/h6-8,13H,3-5,9-10,17H2,1-2H3. The van der Waals surface area contributed by atoms with E-state index >= 15 is 0 Å². The van der Waals surface area contributed by atoms with Gasteiger partial charge in [-0.2, -0.15) is 0 Å². The third-order valence-electron chi connectivity index (χ3n) is 3.20. The third kappa shape index (κ3) is 3.86. The van der Waals surface area contributed by atoms with E-state index in [9.17, 15) is 0 Å². The van der Waals surface area contributed by atoms with Crippen LogP contribution >= 0.6 is 23.2 Å². The number of halogens is 2. The quantitative estimate of drug-likeness (QED) is 0.818. The molecule has 0 heterocycles. The molecule has 18 heavy (non-hydrogen) atoms. The van der Waals surface area contributed by atoms with Gasteiger partial charge in [0.1, 0.15) is 0 Å². The van der Waals surface area contributed by atoms with E-state index in [1.54, 1.807) is 0 Å². The van der Waals surface area contributed by atoms with Crippen molar-refractivity contribution >= 4 is 23.2 Å². The molecule has 1 aromatic carbocycles. The molecule has 102 valence electrons. The molecule has 0 saturated carbocycles. The number of unbranched alkanes of at least 4 members (excludes halogenated alkanes) is 1. The lowest BCUT2D eigenvalue weighted by Gasteiger charge is -2.31. The molecule has 0 radical (unpaired) electrons. The summed E-state index contributed by atoms with van der Waals surface area (Å²) in [5.74, 6) is 0. The number of benzene rings is 1. The zero-order chi connectivity index (χ0) is 13.5. The van der Waals surface area contributed by atoms with E-state index in [1.165, 1.54) is 6.42 Å². The Morgan fingerprint density at radius 3 is 2.28 bits per heavy atom. The lowest BCUT2D eigenvalue weighted by atomic mass is 10.0. The van der Waals surface area contributed by atoms with Gasteiger partial charge in [-0.1, -0.05) is 49.5 Å². The first kappa shape index (κ1) is 15.8. The molecule has 0 fully saturated rings. The second kappa shape index (κ2) is 8.00. The molecule has 0 aliphatic rings. The van der Waals surface area contributed by atoms with Crippen LogP contribution in [0.3, 0.4) is 0 Å². The van der Waals surface area contributed by atoms with Crippen molar-refractivity contribution in [3.05, 3.63) is 33.8 Å². The van der Waals surface area contributed by atoms with E-state index in [2.05, 4.69) is 18.7 Å². The van der Waals surface area contributed by atoms with Gasteiger partial charge in [-0.15, -0.1) is 0 Å². The van der Waals surface area contributed by atoms with Crippen molar-refractivity contribution in [2.24, 2.45) is 5.73 Å². The second-order valence-corrected chi connectivity index (χ2v) is 5.18. The highest BCUT2D eigenvalue weighted by Crippen LogP contribution is 2.33. The largest absolute Gasteiger partial charge is 0.329 e. The first-order valence-electron chi connectivity index (χ1n) is 6.53. The molecule has 1 unspecified atom stereocenters. The third-order valence-corrected chi connectivity index (χ3v) is 3.86. The van der Waals surface area contributed by atoms with Gasteiger partial charge in [-0.3, -0.25) is 4.90 Å². The molecule has 2 N–H and O–H groups in total. The topological polar surface area (TPSA) is 29.3 Å². The molecule has 0 saturated heterocycles. The fraction of sp³-hybridized carbons (Fsp3) is 0.571. The van der Waals surface area contributed by atoms with Crippen LogP contribution in [-0.2, 0) is 0 Å². The Bertz CT molecular complexity index is 349. The van der Waals surface area contributed by atoms with Gasteiger partial charge in [0.2, 0.25) is 0 Å². The lowest BCUT2D eigenvalue weighted by molar-refractivity contribution is 0.209. The number of likely N-dealkylation sites (N-methyl/N-ethyl adjacent to an activating group) is 1. The average molecular weight is 289 g/mol. The first-order valence-corrected chi connectivity index (χ1v) is 7.29. The molecule has 1 atom stereocenters. The van der Waals surface area contributed by atoms with Gasteiger partial charge in [0, 0.05) is 28.2 Å². The van der Waals surface area contributed by atoms with Crippen LogP contribution in [0, 0.1) is 0 Å². The van der Waals surface area contributed by atoms with E-state index in [-0.39, 0.29) is 6.04 Å². The minimum absolute atomic E-state index is 0.0998. The lowest BCUT2D eigenvalue weighted by Crippen LogP contribution is -2.34. The summed E-state index contributed by atoms with van der Waals surface area (Å²) < 4.78 is 0. The van der Waals surface area contributed by atoms with Gasteiger partial charge < -0.3 is 5.73 Å². The molecule has 0 bridgehead atoms. The number of nitrogens with zero attached hydrogens (tertiary/aromatic N) is 1. The Hall–Kier alpha value is -0.280. The maximum atomic E-state index is 6.27. The Balaban J connectivity index is 2.99. The summed E-state index contributed by atoms with van der Waals surface area (Å²) in [6.45, 7) is 6.83. The summed E-state index contributed by atoms with van der Waals surface area (Å²) in [6.07, 6.45) is 2.33. The highest BCUT2D eigenvalue weighted by molar-refractivity contribution is 6.36. The van der Waals surface area contributed by atoms with Crippen molar-refractivity contribution in [1.82, 2.24) is 4.90 Å². The van der Waals surface area contributed by atoms with Crippen LogP contribution in [0.5, 0.6) is 0 Å². The summed E-state index contributed by atoms with van der Waals surface area (Å²) in [6, 6.07) is 5.71. The molecule has 4 heteroatoms. The van der Waals surface area contributed by atoms with E-state index in [1.807, 2.05) is 18.2 Å². The predicted octanol–water partition coefficient (Wildman–Crippen LogP) is 4.12. The minimum atomic E-state index is 0.0998. The van der Waals surface area contributed by atoms with Crippen molar-refractivity contribution in [1.29, 1.82) is 0 Å². The molecular weight excluding hydrogens is 267 g/mol. The van der Waals surface area contributed by atoms with E-state index in [4.69, 9.17) is 28.9 Å². The number of nitrogens with two attached hydrogens (primary N) is 1.